The Labute approximate surface area is 220 Å². The Hall–Kier alpha value is -3.84. The van der Waals surface area contributed by atoms with Gasteiger partial charge in [-0.05, 0) is 61.7 Å². The van der Waals surface area contributed by atoms with E-state index < -0.39 is 5.25 Å². The molecule has 3 aromatic rings. The summed E-state index contributed by atoms with van der Waals surface area (Å²) in [7, 11) is 0. The number of benzene rings is 3. The minimum absolute atomic E-state index is 0.130. The van der Waals surface area contributed by atoms with E-state index in [9.17, 15) is 14.4 Å². The van der Waals surface area contributed by atoms with E-state index in [1.165, 1.54) is 16.7 Å². The Morgan fingerprint density at radius 2 is 1.54 bits per heavy atom. The van der Waals surface area contributed by atoms with Gasteiger partial charge in [0.05, 0.1) is 29.8 Å². The Balaban J connectivity index is 1.36. The van der Waals surface area contributed by atoms with Crippen LogP contribution in [0.1, 0.15) is 30.6 Å². The van der Waals surface area contributed by atoms with Crippen LogP contribution in [0.2, 0.25) is 0 Å². The first-order valence-corrected chi connectivity index (χ1v) is 13.3. The topological polar surface area (TPSA) is 75.7 Å². The second-order valence-corrected chi connectivity index (χ2v) is 10.2. The molecule has 3 amide bonds. The van der Waals surface area contributed by atoms with Crippen LogP contribution < -0.4 is 15.0 Å². The number of carbonyl (C=O) groups excluding carboxylic acids is 3. The van der Waals surface area contributed by atoms with Crippen molar-refractivity contribution in [3.63, 3.8) is 0 Å². The van der Waals surface area contributed by atoms with E-state index in [4.69, 9.17) is 4.74 Å². The Kier molecular flexibility index (Phi) is 7.42. The largest absolute Gasteiger partial charge is 0.492 e. The van der Waals surface area contributed by atoms with Gasteiger partial charge < -0.3 is 10.1 Å². The highest BCUT2D eigenvalue weighted by Gasteiger charge is 2.47. The summed E-state index contributed by atoms with van der Waals surface area (Å²) in [6.07, 6.45) is 5.19. The zero-order valence-corrected chi connectivity index (χ0v) is 21.3. The van der Waals surface area contributed by atoms with Crippen LogP contribution in [0, 0.1) is 11.8 Å². The van der Waals surface area contributed by atoms with Crippen LogP contribution >= 0.6 is 11.8 Å². The monoisotopic (exact) mass is 512 g/mol. The lowest BCUT2D eigenvalue weighted by atomic mass is 9.85. The second-order valence-electron chi connectivity index (χ2n) is 8.99. The van der Waals surface area contributed by atoms with Gasteiger partial charge in [0.25, 0.3) is 0 Å². The molecule has 3 aromatic carbocycles. The molecule has 0 bridgehead atoms. The molecule has 1 fully saturated rings. The molecule has 37 heavy (non-hydrogen) atoms. The molecule has 1 aliphatic carbocycles. The zero-order chi connectivity index (χ0) is 25.8. The molecule has 2 aliphatic rings. The lowest BCUT2D eigenvalue weighted by Crippen LogP contribution is -2.30. The lowest BCUT2D eigenvalue weighted by Gasteiger charge is -2.19. The number of carbonyl (C=O) groups is 3. The van der Waals surface area contributed by atoms with Crippen LogP contribution in [-0.2, 0) is 14.4 Å². The van der Waals surface area contributed by atoms with Crippen molar-refractivity contribution in [2.24, 2.45) is 11.8 Å². The molecule has 3 atom stereocenters. The number of hydrogen-bond acceptors (Lipinski definition) is 5. The van der Waals surface area contributed by atoms with Gasteiger partial charge in [0.2, 0.25) is 17.7 Å². The lowest BCUT2D eigenvalue weighted by molar-refractivity contribution is -0.122. The maximum Gasteiger partial charge on any atom is 0.242 e. The fourth-order valence-electron chi connectivity index (χ4n) is 4.81. The van der Waals surface area contributed by atoms with Crippen LogP contribution in [0.3, 0.4) is 0 Å². The molecule has 5 rings (SSSR count). The summed E-state index contributed by atoms with van der Waals surface area (Å²) in [4.78, 5) is 41.5. The number of anilines is 2. The average Bonchev–Trinajstić information content (AvgIpc) is 3.19. The smallest absolute Gasteiger partial charge is 0.242 e. The van der Waals surface area contributed by atoms with E-state index in [-0.39, 0.29) is 29.6 Å². The standard InChI is InChI=1S/C30H28N2O4S/c1-2-36-26-15-9-8-14-25(26)31-28(33)27(20-10-4-3-5-11-20)37-22-18-16-21(17-19-22)32-29(34)23-12-6-7-13-24(23)30(32)35/h3-11,14-19,23-24,27H,2,12-13H2,1H3,(H,31,33)/t23-,24-,27+/m0/s1. The summed E-state index contributed by atoms with van der Waals surface area (Å²) >= 11 is 1.41. The minimum atomic E-state index is -0.522. The van der Waals surface area contributed by atoms with Crippen molar-refractivity contribution in [2.45, 2.75) is 29.9 Å². The molecule has 7 heteroatoms. The number of allylic oxidation sites excluding steroid dienone is 2. The van der Waals surface area contributed by atoms with Gasteiger partial charge in [-0.1, -0.05) is 54.6 Å². The van der Waals surface area contributed by atoms with Gasteiger partial charge in [-0.3, -0.25) is 19.3 Å². The number of thioether (sulfide) groups is 1. The van der Waals surface area contributed by atoms with Crippen LogP contribution in [-0.4, -0.2) is 24.3 Å². The van der Waals surface area contributed by atoms with Crippen molar-refractivity contribution in [3.05, 3.63) is 96.6 Å². The van der Waals surface area contributed by atoms with Crippen molar-refractivity contribution >= 4 is 40.9 Å². The second kappa shape index (κ2) is 11.0. The maximum absolute atomic E-state index is 13.5. The predicted molar refractivity (Wildman–Crippen MR) is 146 cm³/mol. The summed E-state index contributed by atoms with van der Waals surface area (Å²) in [6.45, 7) is 2.40. The van der Waals surface area contributed by atoms with E-state index in [2.05, 4.69) is 5.32 Å². The normalized spacial score (nSPS) is 19.4. The van der Waals surface area contributed by atoms with Gasteiger partial charge in [0.15, 0.2) is 0 Å². The van der Waals surface area contributed by atoms with E-state index in [1.54, 1.807) is 12.1 Å². The van der Waals surface area contributed by atoms with E-state index in [0.29, 0.717) is 36.6 Å². The molecule has 0 aromatic heterocycles. The van der Waals surface area contributed by atoms with Gasteiger partial charge in [-0.15, -0.1) is 11.8 Å². The van der Waals surface area contributed by atoms with E-state index in [1.807, 2.05) is 85.8 Å². The van der Waals surface area contributed by atoms with Crippen LogP contribution in [0.5, 0.6) is 5.75 Å². The molecule has 0 radical (unpaired) electrons. The Morgan fingerprint density at radius 1 is 0.919 bits per heavy atom. The van der Waals surface area contributed by atoms with Gasteiger partial charge in [-0.2, -0.15) is 0 Å². The fourth-order valence-corrected chi connectivity index (χ4v) is 5.84. The van der Waals surface area contributed by atoms with Gasteiger partial charge in [0, 0.05) is 4.90 Å². The minimum Gasteiger partial charge on any atom is -0.492 e. The first kappa shape index (κ1) is 24.8. The average molecular weight is 513 g/mol. The molecule has 0 spiro atoms. The third-order valence-corrected chi connectivity index (χ3v) is 7.91. The summed E-state index contributed by atoms with van der Waals surface area (Å²) in [6, 6.07) is 24.3. The van der Waals surface area contributed by atoms with Crippen molar-refractivity contribution in [2.75, 3.05) is 16.8 Å². The fraction of sp³-hybridized carbons (Fsp3) is 0.233. The highest BCUT2D eigenvalue weighted by molar-refractivity contribution is 8.00. The quantitative estimate of drug-likeness (QED) is 0.227. The number of ether oxygens (including phenoxy) is 1. The molecular formula is C30H28N2O4S. The van der Waals surface area contributed by atoms with Crippen LogP contribution in [0.25, 0.3) is 0 Å². The molecular weight excluding hydrogens is 484 g/mol. The van der Waals surface area contributed by atoms with E-state index >= 15 is 0 Å². The van der Waals surface area contributed by atoms with Crippen molar-refractivity contribution in [1.29, 1.82) is 0 Å². The molecule has 0 unspecified atom stereocenters. The van der Waals surface area contributed by atoms with Gasteiger partial charge >= 0.3 is 0 Å². The van der Waals surface area contributed by atoms with Crippen molar-refractivity contribution in [3.8, 4) is 5.75 Å². The highest BCUT2D eigenvalue weighted by atomic mass is 32.2. The van der Waals surface area contributed by atoms with Gasteiger partial charge in [0.1, 0.15) is 11.0 Å². The number of rotatable bonds is 8. The summed E-state index contributed by atoms with van der Waals surface area (Å²) < 4.78 is 5.67. The molecule has 1 heterocycles. The number of nitrogens with one attached hydrogen (secondary N) is 1. The van der Waals surface area contributed by atoms with Crippen LogP contribution in [0.15, 0.2) is 95.9 Å². The van der Waals surface area contributed by atoms with Crippen molar-refractivity contribution in [1.82, 2.24) is 0 Å². The number of imide groups is 1. The summed E-state index contributed by atoms with van der Waals surface area (Å²) in [5.41, 5.74) is 2.05. The number of hydrogen-bond donors (Lipinski definition) is 1. The van der Waals surface area contributed by atoms with Gasteiger partial charge in [-0.25, -0.2) is 0 Å². The molecule has 1 saturated heterocycles. The van der Waals surface area contributed by atoms with Crippen molar-refractivity contribution < 1.29 is 19.1 Å². The summed E-state index contributed by atoms with van der Waals surface area (Å²) in [5, 5.41) is 2.50. The third kappa shape index (κ3) is 5.18. The Bertz CT molecular complexity index is 1300. The number of nitrogens with zero attached hydrogens (tertiary/aromatic N) is 1. The Morgan fingerprint density at radius 3 is 2.19 bits per heavy atom. The number of fused-ring (bicyclic) bond motifs is 1. The summed E-state index contributed by atoms with van der Waals surface area (Å²) in [5.74, 6) is -0.345. The highest BCUT2D eigenvalue weighted by Crippen LogP contribution is 2.40. The molecule has 1 aliphatic heterocycles. The van der Waals surface area contributed by atoms with E-state index in [0.717, 1.165) is 10.5 Å². The zero-order valence-electron chi connectivity index (χ0n) is 20.5. The molecule has 0 saturated carbocycles. The predicted octanol–water partition coefficient (Wildman–Crippen LogP) is 6.01. The first-order valence-electron chi connectivity index (χ1n) is 12.4. The maximum atomic E-state index is 13.5. The molecule has 188 valence electrons. The number of para-hydroxylation sites is 2. The third-order valence-electron chi connectivity index (χ3n) is 6.64. The SMILES string of the molecule is CCOc1ccccc1NC(=O)[C@H](Sc1ccc(N2C(=O)[C@H]3CC=CC[C@@H]3C2=O)cc1)c1ccccc1. The molecule has 1 N–H and O–H groups in total. The molecule has 6 nitrogen and oxygen atoms in total. The first-order chi connectivity index (χ1) is 18.1. The van der Waals surface area contributed by atoms with Crippen LogP contribution in [0.4, 0.5) is 11.4 Å². The number of amides is 3.